The Morgan fingerprint density at radius 3 is 2.16 bits per heavy atom. The summed E-state index contributed by atoms with van der Waals surface area (Å²) in [5.74, 6) is -0.0357. The number of aromatic nitrogens is 2. The first-order valence-electron chi connectivity index (χ1n) is 10.6. The molecule has 0 radical (unpaired) electrons. The van der Waals surface area contributed by atoms with Crippen LogP contribution in [0.2, 0.25) is 0 Å². The second-order valence-electron chi connectivity index (χ2n) is 7.76. The average Bonchev–Trinajstić information content (AvgIpc) is 2.88. The van der Waals surface area contributed by atoms with Crippen molar-refractivity contribution in [2.75, 3.05) is 26.2 Å². The van der Waals surface area contributed by atoms with Gasteiger partial charge < -0.3 is 9.80 Å². The van der Waals surface area contributed by atoms with E-state index in [9.17, 15) is 9.59 Å². The van der Waals surface area contributed by atoms with Gasteiger partial charge in [0.2, 0.25) is 0 Å². The number of rotatable bonds is 3. The van der Waals surface area contributed by atoms with Gasteiger partial charge in [0.05, 0.1) is 16.8 Å². The lowest BCUT2D eigenvalue weighted by Crippen LogP contribution is -2.50. The van der Waals surface area contributed by atoms with Crippen molar-refractivity contribution >= 4 is 22.7 Å². The van der Waals surface area contributed by atoms with Crippen molar-refractivity contribution in [1.29, 1.82) is 0 Å². The third-order valence-electron chi connectivity index (χ3n) is 5.78. The van der Waals surface area contributed by atoms with Crippen LogP contribution in [0.3, 0.4) is 0 Å². The van der Waals surface area contributed by atoms with Crippen LogP contribution in [0.25, 0.3) is 22.2 Å². The minimum absolute atomic E-state index is 0.00548. The number of carbonyl (C=O) groups excluding carboxylic acids is 2. The fraction of sp³-hybridized carbons (Fsp3) is 0.154. The van der Waals surface area contributed by atoms with Crippen LogP contribution < -0.4 is 0 Å². The molecule has 0 bridgehead atoms. The highest BCUT2D eigenvalue weighted by Crippen LogP contribution is 2.26. The molecule has 0 atom stereocenters. The Hall–Kier alpha value is -4.06. The van der Waals surface area contributed by atoms with Crippen molar-refractivity contribution < 1.29 is 9.59 Å². The van der Waals surface area contributed by atoms with E-state index in [0.29, 0.717) is 37.3 Å². The van der Waals surface area contributed by atoms with E-state index in [2.05, 4.69) is 4.98 Å². The molecule has 6 heteroatoms. The summed E-state index contributed by atoms with van der Waals surface area (Å²) in [7, 11) is 0. The lowest BCUT2D eigenvalue weighted by Gasteiger charge is -2.35. The maximum atomic E-state index is 13.5. The third-order valence-corrected chi connectivity index (χ3v) is 5.78. The van der Waals surface area contributed by atoms with Gasteiger partial charge in [0.25, 0.3) is 11.8 Å². The van der Waals surface area contributed by atoms with Gasteiger partial charge in [-0.1, -0.05) is 36.4 Å². The van der Waals surface area contributed by atoms with E-state index in [0.717, 1.165) is 22.2 Å². The molecule has 1 aliphatic rings. The molecule has 2 aromatic carbocycles. The number of piperazine rings is 1. The molecule has 1 aliphatic heterocycles. The van der Waals surface area contributed by atoms with Gasteiger partial charge in [-0.2, -0.15) is 0 Å². The van der Waals surface area contributed by atoms with Crippen LogP contribution in [0.1, 0.15) is 20.7 Å². The molecule has 0 unspecified atom stereocenters. The molecule has 0 aliphatic carbocycles. The van der Waals surface area contributed by atoms with Gasteiger partial charge in [-0.25, -0.2) is 4.98 Å². The summed E-state index contributed by atoms with van der Waals surface area (Å²) in [6.07, 6.45) is 3.46. The van der Waals surface area contributed by atoms with Crippen LogP contribution >= 0.6 is 0 Å². The summed E-state index contributed by atoms with van der Waals surface area (Å²) in [5.41, 5.74) is 3.66. The number of carbonyl (C=O) groups is 2. The van der Waals surface area contributed by atoms with Crippen molar-refractivity contribution in [2.24, 2.45) is 0 Å². The Morgan fingerprint density at radius 2 is 1.44 bits per heavy atom. The van der Waals surface area contributed by atoms with E-state index in [4.69, 9.17) is 4.98 Å². The Kier molecular flexibility index (Phi) is 5.34. The highest BCUT2D eigenvalue weighted by Gasteiger charge is 2.27. The van der Waals surface area contributed by atoms with Crippen LogP contribution in [-0.4, -0.2) is 57.8 Å². The molecule has 6 nitrogen and oxygen atoms in total. The highest BCUT2D eigenvalue weighted by atomic mass is 16.2. The van der Waals surface area contributed by atoms with E-state index in [1.54, 1.807) is 12.4 Å². The average molecular weight is 422 g/mol. The molecular formula is C26H22N4O2. The molecule has 0 saturated carbocycles. The third kappa shape index (κ3) is 3.83. The number of nitrogens with zero attached hydrogens (tertiary/aromatic N) is 4. The highest BCUT2D eigenvalue weighted by molar-refractivity contribution is 6.07. The van der Waals surface area contributed by atoms with Crippen LogP contribution in [0.5, 0.6) is 0 Å². The SMILES string of the molecule is O=C(c1ccccc1)N1CCN(C(=O)c2cc(-c3cccnc3)nc3ccccc23)CC1. The summed E-state index contributed by atoms with van der Waals surface area (Å²) < 4.78 is 0. The monoisotopic (exact) mass is 422 g/mol. The quantitative estimate of drug-likeness (QED) is 0.502. The van der Waals surface area contributed by atoms with Gasteiger partial charge in [-0.05, 0) is 36.4 Å². The number of hydrogen-bond acceptors (Lipinski definition) is 4. The van der Waals surface area contributed by atoms with E-state index in [1.165, 1.54) is 0 Å². The number of pyridine rings is 2. The fourth-order valence-corrected chi connectivity index (χ4v) is 4.06. The largest absolute Gasteiger partial charge is 0.335 e. The molecule has 2 aromatic heterocycles. The summed E-state index contributed by atoms with van der Waals surface area (Å²) in [5, 5.41) is 0.827. The molecular weight excluding hydrogens is 400 g/mol. The topological polar surface area (TPSA) is 66.4 Å². The summed E-state index contributed by atoms with van der Waals surface area (Å²) in [4.78, 5) is 38.8. The number of para-hydroxylation sites is 1. The van der Waals surface area contributed by atoms with Crippen LogP contribution in [0, 0.1) is 0 Å². The van der Waals surface area contributed by atoms with Crippen LogP contribution in [0.4, 0.5) is 0 Å². The normalized spacial score (nSPS) is 13.9. The molecule has 2 amide bonds. The number of hydrogen-bond donors (Lipinski definition) is 0. The Bertz CT molecular complexity index is 1270. The van der Waals surface area contributed by atoms with E-state index in [1.807, 2.05) is 82.6 Å². The fourth-order valence-electron chi connectivity index (χ4n) is 4.06. The molecule has 0 spiro atoms. The first kappa shape index (κ1) is 19.9. The Labute approximate surface area is 186 Å². The second-order valence-corrected chi connectivity index (χ2v) is 7.76. The van der Waals surface area contributed by atoms with Crippen LogP contribution in [-0.2, 0) is 0 Å². The Morgan fingerprint density at radius 1 is 0.750 bits per heavy atom. The molecule has 4 aromatic rings. The van der Waals surface area contributed by atoms with Gasteiger partial charge in [-0.15, -0.1) is 0 Å². The molecule has 1 saturated heterocycles. The number of amides is 2. The molecule has 1 fully saturated rings. The van der Waals surface area contributed by atoms with E-state index >= 15 is 0 Å². The molecule has 158 valence electrons. The maximum absolute atomic E-state index is 13.5. The first-order chi connectivity index (χ1) is 15.7. The zero-order valence-corrected chi connectivity index (χ0v) is 17.5. The maximum Gasteiger partial charge on any atom is 0.254 e. The minimum Gasteiger partial charge on any atom is -0.335 e. The van der Waals surface area contributed by atoms with Crippen molar-refractivity contribution in [1.82, 2.24) is 19.8 Å². The van der Waals surface area contributed by atoms with Crippen molar-refractivity contribution in [3.05, 3.63) is 96.3 Å². The first-order valence-corrected chi connectivity index (χ1v) is 10.6. The summed E-state index contributed by atoms with van der Waals surface area (Å²) >= 11 is 0. The van der Waals surface area contributed by atoms with Crippen molar-refractivity contribution in [3.8, 4) is 11.3 Å². The summed E-state index contributed by atoms with van der Waals surface area (Å²) in [6.45, 7) is 2.02. The lowest BCUT2D eigenvalue weighted by molar-refractivity contribution is 0.0536. The molecule has 32 heavy (non-hydrogen) atoms. The van der Waals surface area contributed by atoms with Gasteiger partial charge in [-0.3, -0.25) is 14.6 Å². The summed E-state index contributed by atoms with van der Waals surface area (Å²) in [6, 6.07) is 22.6. The molecule has 3 heterocycles. The Balaban J connectivity index is 1.40. The van der Waals surface area contributed by atoms with Gasteiger partial charge in [0.15, 0.2) is 0 Å². The zero-order valence-electron chi connectivity index (χ0n) is 17.5. The van der Waals surface area contributed by atoms with Gasteiger partial charge in [0, 0.05) is 55.1 Å². The molecule has 5 rings (SSSR count). The lowest BCUT2D eigenvalue weighted by atomic mass is 10.0. The predicted octanol–water partition coefficient (Wildman–Crippen LogP) is 3.90. The van der Waals surface area contributed by atoms with E-state index in [-0.39, 0.29) is 11.8 Å². The minimum atomic E-state index is -0.0412. The van der Waals surface area contributed by atoms with Crippen LogP contribution in [0.15, 0.2) is 85.2 Å². The van der Waals surface area contributed by atoms with E-state index < -0.39 is 0 Å². The smallest absolute Gasteiger partial charge is 0.254 e. The predicted molar refractivity (Wildman–Crippen MR) is 123 cm³/mol. The number of fused-ring (bicyclic) bond motifs is 1. The molecule has 0 N–H and O–H groups in total. The van der Waals surface area contributed by atoms with Gasteiger partial charge >= 0.3 is 0 Å². The van der Waals surface area contributed by atoms with Crippen molar-refractivity contribution in [2.45, 2.75) is 0 Å². The van der Waals surface area contributed by atoms with Gasteiger partial charge in [0.1, 0.15) is 0 Å². The second kappa shape index (κ2) is 8.59. The number of benzene rings is 2. The standard InChI is InChI=1S/C26H22N4O2/c31-25(19-7-2-1-3-8-19)29-13-15-30(16-14-29)26(32)22-17-24(20-9-6-12-27-18-20)28-23-11-5-4-10-21(22)23/h1-12,17-18H,13-16H2. The van der Waals surface area contributed by atoms with Crippen molar-refractivity contribution in [3.63, 3.8) is 0 Å². The zero-order chi connectivity index (χ0) is 21.9.